The Kier molecular flexibility index (Phi) is 7.92. The van der Waals surface area contributed by atoms with Crippen molar-refractivity contribution < 1.29 is 4.42 Å². The summed E-state index contributed by atoms with van der Waals surface area (Å²) in [4.78, 5) is 2.44. The maximum Gasteiger partial charge on any atom is 0.145 e. The molecule has 0 saturated heterocycles. The van der Waals surface area contributed by atoms with Gasteiger partial charge < -0.3 is 9.32 Å². The number of para-hydroxylation sites is 1. The average molecular weight is 780 g/mol. The first-order valence-electron chi connectivity index (χ1n) is 21.2. The minimum absolute atomic E-state index is 0.151. The zero-order valence-electron chi connectivity index (χ0n) is 34.1. The highest BCUT2D eigenvalue weighted by atomic mass is 16.3. The quantitative estimate of drug-likeness (QED) is 0.156. The van der Waals surface area contributed by atoms with Crippen molar-refractivity contribution in [1.29, 1.82) is 0 Å². The minimum Gasteiger partial charge on any atom is -0.455 e. The van der Waals surface area contributed by atoms with E-state index < -0.39 is 0 Å². The molecule has 0 spiro atoms. The lowest BCUT2D eigenvalue weighted by Crippen LogP contribution is -2.16. The molecule has 0 amide bonds. The smallest absolute Gasteiger partial charge is 0.145 e. The first-order chi connectivity index (χ1) is 30.0. The molecule has 0 fully saturated rings. The summed E-state index contributed by atoms with van der Waals surface area (Å²) in [6.07, 6.45) is 0. The number of hydrogen-bond donors (Lipinski definition) is 0. The number of benzene rings is 10. The van der Waals surface area contributed by atoms with Gasteiger partial charge in [-0.05, 0) is 120 Å². The zero-order chi connectivity index (χ0) is 40.7. The largest absolute Gasteiger partial charge is 0.455 e. The summed E-state index contributed by atoms with van der Waals surface area (Å²) >= 11 is 0. The lowest BCUT2D eigenvalue weighted by atomic mass is 9.82. The Balaban J connectivity index is 1.07. The predicted molar refractivity (Wildman–Crippen MR) is 257 cm³/mol. The molecule has 0 saturated carbocycles. The second-order valence-corrected chi connectivity index (χ2v) is 16.9. The summed E-state index contributed by atoms with van der Waals surface area (Å²) in [6.45, 7) is 4.71. The van der Waals surface area contributed by atoms with Crippen molar-refractivity contribution in [1.82, 2.24) is 0 Å². The number of furan rings is 1. The van der Waals surface area contributed by atoms with Gasteiger partial charge >= 0.3 is 0 Å². The summed E-state index contributed by atoms with van der Waals surface area (Å²) < 4.78 is 7.00. The highest BCUT2D eigenvalue weighted by Gasteiger charge is 2.36. The van der Waals surface area contributed by atoms with Crippen LogP contribution >= 0.6 is 0 Å². The van der Waals surface area contributed by atoms with E-state index >= 15 is 0 Å². The SMILES string of the molecule is CC1(C)c2ccccc2-c2ccc(N(c3ccc(-c4ccc(-c5ccccc5)cc4)cc3)c3ccc(-c4cc5ccccc5c5ccccc45)c4oc5ccccc5c34)cc21. The van der Waals surface area contributed by atoms with Gasteiger partial charge in [-0.25, -0.2) is 0 Å². The molecule has 1 aliphatic carbocycles. The van der Waals surface area contributed by atoms with Gasteiger partial charge in [0.2, 0.25) is 0 Å². The van der Waals surface area contributed by atoms with Gasteiger partial charge in [0, 0.05) is 27.7 Å². The van der Waals surface area contributed by atoms with Crippen molar-refractivity contribution >= 4 is 60.5 Å². The van der Waals surface area contributed by atoms with E-state index in [0.717, 1.165) is 50.1 Å². The van der Waals surface area contributed by atoms with Crippen molar-refractivity contribution in [2.45, 2.75) is 19.3 Å². The normalized spacial score (nSPS) is 12.9. The van der Waals surface area contributed by atoms with E-state index in [0.29, 0.717) is 0 Å². The van der Waals surface area contributed by atoms with Crippen LogP contribution in [0.2, 0.25) is 0 Å². The van der Waals surface area contributed by atoms with Crippen molar-refractivity contribution in [2.24, 2.45) is 0 Å². The Labute approximate surface area is 355 Å². The van der Waals surface area contributed by atoms with Crippen molar-refractivity contribution in [3.63, 3.8) is 0 Å². The van der Waals surface area contributed by atoms with E-state index in [9.17, 15) is 0 Å². The lowest BCUT2D eigenvalue weighted by molar-refractivity contribution is 0.660. The molecule has 0 unspecified atom stereocenters. The minimum atomic E-state index is -0.151. The topological polar surface area (TPSA) is 16.4 Å². The second-order valence-electron chi connectivity index (χ2n) is 16.9. The van der Waals surface area contributed by atoms with Crippen LogP contribution in [-0.4, -0.2) is 0 Å². The van der Waals surface area contributed by atoms with Crippen LogP contribution in [0.4, 0.5) is 17.1 Å². The predicted octanol–water partition coefficient (Wildman–Crippen LogP) is 16.7. The van der Waals surface area contributed by atoms with Crippen LogP contribution in [-0.2, 0) is 5.41 Å². The van der Waals surface area contributed by atoms with Crippen molar-refractivity contribution in [3.05, 3.63) is 223 Å². The first-order valence-corrected chi connectivity index (χ1v) is 21.2. The number of fused-ring (bicyclic) bond motifs is 9. The highest BCUT2D eigenvalue weighted by Crippen LogP contribution is 2.52. The fourth-order valence-electron chi connectivity index (χ4n) is 10.0. The van der Waals surface area contributed by atoms with Crippen LogP contribution < -0.4 is 4.90 Å². The average Bonchev–Trinajstić information content (AvgIpc) is 3.82. The van der Waals surface area contributed by atoms with Crippen LogP contribution in [0.3, 0.4) is 0 Å². The van der Waals surface area contributed by atoms with Gasteiger partial charge in [-0.1, -0.05) is 178 Å². The molecule has 10 aromatic carbocycles. The third-order valence-corrected chi connectivity index (χ3v) is 13.1. The molecule has 288 valence electrons. The molecule has 2 heteroatoms. The van der Waals surface area contributed by atoms with E-state index in [1.54, 1.807) is 0 Å². The van der Waals surface area contributed by atoms with E-state index in [-0.39, 0.29) is 5.41 Å². The van der Waals surface area contributed by atoms with Gasteiger partial charge in [0.1, 0.15) is 11.2 Å². The monoisotopic (exact) mass is 779 g/mol. The molecule has 0 radical (unpaired) electrons. The Morgan fingerprint density at radius 3 is 1.70 bits per heavy atom. The molecule has 2 nitrogen and oxygen atoms in total. The summed E-state index contributed by atoms with van der Waals surface area (Å²) in [5, 5.41) is 7.09. The molecule has 1 heterocycles. The maximum absolute atomic E-state index is 7.00. The molecule has 61 heavy (non-hydrogen) atoms. The Bertz CT molecular complexity index is 3480. The van der Waals surface area contributed by atoms with Gasteiger partial charge in [-0.3, -0.25) is 0 Å². The van der Waals surface area contributed by atoms with Gasteiger partial charge in [0.15, 0.2) is 0 Å². The molecule has 0 bridgehead atoms. The molecule has 1 aliphatic rings. The number of rotatable bonds is 6. The molecular formula is C59H41NO. The Morgan fingerprint density at radius 2 is 0.934 bits per heavy atom. The van der Waals surface area contributed by atoms with Crippen LogP contribution in [0, 0.1) is 0 Å². The number of anilines is 3. The van der Waals surface area contributed by atoms with Crippen LogP contribution in [0.5, 0.6) is 0 Å². The fourth-order valence-corrected chi connectivity index (χ4v) is 10.0. The van der Waals surface area contributed by atoms with Gasteiger partial charge in [0.05, 0.1) is 11.1 Å². The summed E-state index contributed by atoms with van der Waals surface area (Å²) in [5.41, 5.74) is 17.2. The van der Waals surface area contributed by atoms with E-state index in [2.05, 4.69) is 231 Å². The summed E-state index contributed by atoms with van der Waals surface area (Å²) in [7, 11) is 0. The Morgan fingerprint density at radius 1 is 0.377 bits per heavy atom. The third-order valence-electron chi connectivity index (χ3n) is 13.1. The zero-order valence-corrected chi connectivity index (χ0v) is 34.1. The summed E-state index contributed by atoms with van der Waals surface area (Å²) in [5.74, 6) is 0. The van der Waals surface area contributed by atoms with Gasteiger partial charge in [-0.15, -0.1) is 0 Å². The fraction of sp³-hybridized carbons (Fsp3) is 0.0508. The first kappa shape index (κ1) is 35.3. The summed E-state index contributed by atoms with van der Waals surface area (Å²) in [6, 6.07) is 77.3. The number of hydrogen-bond acceptors (Lipinski definition) is 2. The van der Waals surface area contributed by atoms with Crippen molar-refractivity contribution in [3.8, 4) is 44.5 Å². The molecule has 0 aliphatic heterocycles. The van der Waals surface area contributed by atoms with E-state index in [4.69, 9.17) is 4.42 Å². The molecular weight excluding hydrogens is 739 g/mol. The number of nitrogens with zero attached hydrogens (tertiary/aromatic N) is 1. The third kappa shape index (κ3) is 5.56. The van der Waals surface area contributed by atoms with Crippen LogP contribution in [0.1, 0.15) is 25.0 Å². The van der Waals surface area contributed by atoms with Gasteiger partial charge in [-0.2, -0.15) is 0 Å². The molecule has 0 atom stereocenters. The van der Waals surface area contributed by atoms with Crippen LogP contribution in [0.15, 0.2) is 217 Å². The maximum atomic E-state index is 7.00. The van der Waals surface area contributed by atoms with E-state index in [1.165, 1.54) is 66.1 Å². The van der Waals surface area contributed by atoms with E-state index in [1.807, 2.05) is 0 Å². The lowest BCUT2D eigenvalue weighted by Gasteiger charge is -2.29. The molecule has 11 aromatic rings. The molecule has 12 rings (SSSR count). The molecule has 1 aromatic heterocycles. The molecule has 0 N–H and O–H groups in total. The van der Waals surface area contributed by atoms with Crippen molar-refractivity contribution in [2.75, 3.05) is 4.90 Å². The second kappa shape index (κ2) is 13.7. The highest BCUT2D eigenvalue weighted by molar-refractivity contribution is 6.21. The van der Waals surface area contributed by atoms with Crippen LogP contribution in [0.25, 0.3) is 88.0 Å². The van der Waals surface area contributed by atoms with Gasteiger partial charge in [0.25, 0.3) is 0 Å². The Hall–Kier alpha value is -7.68. The standard InChI is InChI=1S/C59H41NO/c1-59(2)53-22-12-10-20-48(53)49-33-32-44(37-54(49)59)60(43-30-28-41(29-31-43)40-26-24-39(25-27-40)38-14-4-3-5-15-38)55-35-34-50(58-57(55)51-21-11-13-23-56(51)61-58)52-36-42-16-6-7-17-45(42)46-18-8-9-19-47(46)52/h3-37H,1-2H3.